The van der Waals surface area contributed by atoms with Crippen molar-refractivity contribution in [2.45, 2.75) is 64.1 Å². The van der Waals surface area contributed by atoms with Crippen molar-refractivity contribution in [2.24, 2.45) is 0 Å². The molecule has 2 amide bonds. The second kappa shape index (κ2) is 13.1. The number of nitrogens with one attached hydrogen (secondary N) is 1. The van der Waals surface area contributed by atoms with E-state index in [9.17, 15) is 18.0 Å². The van der Waals surface area contributed by atoms with Gasteiger partial charge < -0.3 is 10.2 Å². The van der Waals surface area contributed by atoms with Crippen LogP contribution in [-0.2, 0) is 26.2 Å². The summed E-state index contributed by atoms with van der Waals surface area (Å²) >= 11 is 12.4. The van der Waals surface area contributed by atoms with Gasteiger partial charge in [-0.3, -0.25) is 13.9 Å². The van der Waals surface area contributed by atoms with Crippen LogP contribution < -0.4 is 9.62 Å². The molecule has 1 atom stereocenters. The van der Waals surface area contributed by atoms with Gasteiger partial charge in [-0.2, -0.15) is 0 Å². The first kappa shape index (κ1) is 31.5. The van der Waals surface area contributed by atoms with E-state index >= 15 is 0 Å². The molecular formula is C30H35Cl2N3O4S. The molecule has 214 valence electrons. The van der Waals surface area contributed by atoms with Gasteiger partial charge in [0.05, 0.1) is 10.6 Å². The molecule has 10 heteroatoms. The summed E-state index contributed by atoms with van der Waals surface area (Å²) < 4.78 is 28.9. The zero-order valence-electron chi connectivity index (χ0n) is 23.3. The Morgan fingerprint density at radius 2 is 1.60 bits per heavy atom. The first-order chi connectivity index (χ1) is 18.7. The number of hydrogen-bond acceptors (Lipinski definition) is 4. The van der Waals surface area contributed by atoms with E-state index in [1.807, 2.05) is 40.7 Å². The number of amides is 2. The maximum Gasteiger partial charge on any atom is 0.264 e. The van der Waals surface area contributed by atoms with Crippen LogP contribution in [-0.4, -0.2) is 43.3 Å². The average Bonchev–Trinajstić information content (AvgIpc) is 2.87. The average molecular weight is 605 g/mol. The molecule has 0 heterocycles. The van der Waals surface area contributed by atoms with E-state index in [0.717, 1.165) is 9.87 Å². The molecule has 1 N–H and O–H groups in total. The minimum Gasteiger partial charge on any atom is -0.350 e. The molecule has 0 saturated heterocycles. The lowest BCUT2D eigenvalue weighted by Gasteiger charge is -2.35. The van der Waals surface area contributed by atoms with Gasteiger partial charge in [-0.05, 0) is 87.7 Å². The lowest BCUT2D eigenvalue weighted by Crippen LogP contribution is -2.55. The van der Waals surface area contributed by atoms with Crippen molar-refractivity contribution in [1.82, 2.24) is 10.2 Å². The fourth-order valence-electron chi connectivity index (χ4n) is 4.23. The maximum atomic E-state index is 14.1. The Hall–Kier alpha value is -3.07. The monoisotopic (exact) mass is 603 g/mol. The van der Waals surface area contributed by atoms with Crippen molar-refractivity contribution in [3.8, 4) is 0 Å². The van der Waals surface area contributed by atoms with Crippen molar-refractivity contribution >= 4 is 50.7 Å². The minimum absolute atomic E-state index is 0.0126. The Labute approximate surface area is 247 Å². The third-order valence-corrected chi connectivity index (χ3v) is 8.56. The molecule has 3 rings (SSSR count). The molecule has 0 bridgehead atoms. The molecule has 3 aromatic rings. The quantitative estimate of drug-likeness (QED) is 0.298. The number of sulfonamides is 1. The number of rotatable bonds is 10. The molecule has 0 saturated carbocycles. The SMILES string of the molecule is CC[C@H](C(=O)NC(C)(C)C)N(Cc1ccccc1Cl)C(=O)CN(c1cccc(C)c1)S(=O)(=O)c1ccc(Cl)cc1. The highest BCUT2D eigenvalue weighted by atomic mass is 35.5. The summed E-state index contributed by atoms with van der Waals surface area (Å²) in [5.74, 6) is -0.882. The van der Waals surface area contributed by atoms with E-state index in [4.69, 9.17) is 23.2 Å². The van der Waals surface area contributed by atoms with Gasteiger partial charge in [-0.1, -0.05) is 60.5 Å². The molecule has 40 heavy (non-hydrogen) atoms. The number of benzene rings is 3. The van der Waals surface area contributed by atoms with E-state index < -0.39 is 34.1 Å². The molecule has 7 nitrogen and oxygen atoms in total. The largest absolute Gasteiger partial charge is 0.350 e. The van der Waals surface area contributed by atoms with E-state index in [1.165, 1.54) is 29.2 Å². The predicted molar refractivity (Wildman–Crippen MR) is 161 cm³/mol. The first-order valence-electron chi connectivity index (χ1n) is 12.9. The van der Waals surface area contributed by atoms with E-state index in [2.05, 4.69) is 5.32 Å². The molecular weight excluding hydrogens is 569 g/mol. The Morgan fingerprint density at radius 1 is 0.950 bits per heavy atom. The number of halogens is 2. The van der Waals surface area contributed by atoms with Crippen molar-refractivity contribution in [1.29, 1.82) is 0 Å². The lowest BCUT2D eigenvalue weighted by molar-refractivity contribution is -0.141. The van der Waals surface area contributed by atoms with Crippen LogP contribution in [0.15, 0.2) is 77.7 Å². The standard InChI is InChI=1S/C30H35Cl2N3O4S/c1-6-27(29(37)33-30(3,4)5)34(19-22-11-7-8-13-26(22)32)28(36)20-35(24-12-9-10-21(2)18-24)40(38,39)25-16-14-23(31)15-17-25/h7-18,27H,6,19-20H2,1-5H3,(H,33,37)/t27-/m1/s1. The lowest BCUT2D eigenvalue weighted by atomic mass is 10.1. The highest BCUT2D eigenvalue weighted by molar-refractivity contribution is 7.92. The maximum absolute atomic E-state index is 14.1. The number of hydrogen-bond donors (Lipinski definition) is 1. The molecule has 0 unspecified atom stereocenters. The smallest absolute Gasteiger partial charge is 0.264 e. The second-order valence-corrected chi connectivity index (χ2v) is 13.3. The highest BCUT2D eigenvalue weighted by Crippen LogP contribution is 2.27. The molecule has 3 aromatic carbocycles. The molecule has 0 fully saturated rings. The first-order valence-corrected chi connectivity index (χ1v) is 15.1. The van der Waals surface area contributed by atoms with Crippen molar-refractivity contribution in [3.63, 3.8) is 0 Å². The van der Waals surface area contributed by atoms with Gasteiger partial charge in [0.25, 0.3) is 10.0 Å². The number of anilines is 1. The summed E-state index contributed by atoms with van der Waals surface area (Å²) in [5.41, 5.74) is 1.26. The third-order valence-electron chi connectivity index (χ3n) is 6.15. The molecule has 0 spiro atoms. The van der Waals surface area contributed by atoms with Crippen LogP contribution in [0.2, 0.25) is 10.0 Å². The fraction of sp³-hybridized carbons (Fsp3) is 0.333. The second-order valence-electron chi connectivity index (χ2n) is 10.6. The fourth-order valence-corrected chi connectivity index (χ4v) is 5.96. The zero-order valence-corrected chi connectivity index (χ0v) is 25.6. The van der Waals surface area contributed by atoms with Gasteiger partial charge >= 0.3 is 0 Å². The predicted octanol–water partition coefficient (Wildman–Crippen LogP) is 6.22. The Kier molecular flexibility index (Phi) is 10.3. The van der Waals surface area contributed by atoms with Gasteiger partial charge in [0.1, 0.15) is 12.6 Å². The third kappa shape index (κ3) is 7.99. The topological polar surface area (TPSA) is 86.8 Å². The molecule has 0 aliphatic carbocycles. The van der Waals surface area contributed by atoms with Crippen molar-refractivity contribution < 1.29 is 18.0 Å². The summed E-state index contributed by atoms with van der Waals surface area (Å²) in [7, 11) is -4.18. The Bertz CT molecular complexity index is 1450. The Morgan fingerprint density at radius 3 is 2.17 bits per heavy atom. The van der Waals surface area contributed by atoms with Crippen LogP contribution in [0.1, 0.15) is 45.2 Å². The summed E-state index contributed by atoms with van der Waals surface area (Å²) in [6.07, 6.45) is 0.312. The number of carbonyl (C=O) groups excluding carboxylic acids is 2. The zero-order chi connectivity index (χ0) is 29.7. The highest BCUT2D eigenvalue weighted by Gasteiger charge is 2.34. The summed E-state index contributed by atoms with van der Waals surface area (Å²) in [6, 6.07) is 18.9. The van der Waals surface area contributed by atoms with E-state index in [1.54, 1.807) is 42.5 Å². The van der Waals surface area contributed by atoms with Gasteiger partial charge in [0, 0.05) is 22.1 Å². The molecule has 0 radical (unpaired) electrons. The van der Waals surface area contributed by atoms with Crippen LogP contribution in [0.25, 0.3) is 0 Å². The van der Waals surface area contributed by atoms with Crippen molar-refractivity contribution in [3.05, 3.63) is 94.0 Å². The van der Waals surface area contributed by atoms with Gasteiger partial charge in [0.15, 0.2) is 0 Å². The summed E-state index contributed by atoms with van der Waals surface area (Å²) in [5, 5.41) is 3.78. The Balaban J connectivity index is 2.09. The normalized spacial score (nSPS) is 12.5. The number of aryl methyl sites for hydroxylation is 1. The molecule has 0 aromatic heterocycles. The number of nitrogens with zero attached hydrogens (tertiary/aromatic N) is 2. The van der Waals surface area contributed by atoms with Gasteiger partial charge in [0.2, 0.25) is 11.8 Å². The van der Waals surface area contributed by atoms with Gasteiger partial charge in [-0.25, -0.2) is 8.42 Å². The molecule has 0 aliphatic rings. The van der Waals surface area contributed by atoms with Crippen LogP contribution in [0, 0.1) is 6.92 Å². The van der Waals surface area contributed by atoms with Crippen LogP contribution in [0.4, 0.5) is 5.69 Å². The number of carbonyl (C=O) groups is 2. The summed E-state index contributed by atoms with van der Waals surface area (Å²) in [4.78, 5) is 28.9. The van der Waals surface area contributed by atoms with Gasteiger partial charge in [-0.15, -0.1) is 0 Å². The summed E-state index contributed by atoms with van der Waals surface area (Å²) in [6.45, 7) is 8.71. The van der Waals surface area contributed by atoms with Crippen molar-refractivity contribution in [2.75, 3.05) is 10.8 Å². The van der Waals surface area contributed by atoms with E-state index in [-0.39, 0.29) is 17.3 Å². The minimum atomic E-state index is -4.18. The molecule has 0 aliphatic heterocycles. The van der Waals surface area contributed by atoms with Crippen LogP contribution >= 0.6 is 23.2 Å². The van der Waals surface area contributed by atoms with Crippen LogP contribution in [0.5, 0.6) is 0 Å². The van der Waals surface area contributed by atoms with E-state index in [0.29, 0.717) is 27.7 Å². The van der Waals surface area contributed by atoms with Crippen LogP contribution in [0.3, 0.4) is 0 Å².